The lowest BCUT2D eigenvalue weighted by atomic mass is 10.1. The summed E-state index contributed by atoms with van der Waals surface area (Å²) >= 11 is 0. The Hall–Kier alpha value is -4.14. The maximum absolute atomic E-state index is 13.3. The van der Waals surface area contributed by atoms with Gasteiger partial charge in [0.25, 0.3) is 5.56 Å². The molecule has 0 aliphatic rings. The third kappa shape index (κ3) is 3.37. The van der Waals surface area contributed by atoms with Gasteiger partial charge in [0.05, 0.1) is 22.3 Å². The molecule has 4 aromatic heterocycles. The van der Waals surface area contributed by atoms with Crippen LogP contribution in [0.4, 0.5) is 13.2 Å². The van der Waals surface area contributed by atoms with Gasteiger partial charge in [-0.05, 0) is 43.3 Å². The fraction of sp³-hybridized carbons (Fsp3) is 0.0870. The molecule has 0 saturated carbocycles. The van der Waals surface area contributed by atoms with Crippen molar-refractivity contribution >= 4 is 21.9 Å². The van der Waals surface area contributed by atoms with Crippen molar-refractivity contribution in [3.8, 4) is 16.9 Å². The van der Waals surface area contributed by atoms with Gasteiger partial charge >= 0.3 is 6.18 Å². The molecule has 9 heteroatoms. The van der Waals surface area contributed by atoms with Crippen LogP contribution in [0.25, 0.3) is 38.9 Å². The molecular formula is C23H14F3N5O. The number of aromatic nitrogens is 5. The van der Waals surface area contributed by atoms with Crippen molar-refractivity contribution in [1.82, 2.24) is 24.5 Å². The average Bonchev–Trinajstić information content (AvgIpc) is 2.78. The summed E-state index contributed by atoms with van der Waals surface area (Å²) in [6.45, 7) is 1.77. The zero-order chi connectivity index (χ0) is 22.5. The molecule has 0 fully saturated rings. The van der Waals surface area contributed by atoms with Gasteiger partial charge in [-0.2, -0.15) is 13.2 Å². The molecule has 32 heavy (non-hydrogen) atoms. The minimum Gasteiger partial charge on any atom is -0.275 e. The lowest BCUT2D eigenvalue weighted by molar-refractivity contribution is -0.137. The maximum Gasteiger partial charge on any atom is 0.416 e. The smallest absolute Gasteiger partial charge is 0.275 e. The summed E-state index contributed by atoms with van der Waals surface area (Å²) < 4.78 is 41.1. The van der Waals surface area contributed by atoms with Gasteiger partial charge in [0.2, 0.25) is 0 Å². The van der Waals surface area contributed by atoms with Crippen LogP contribution in [0, 0.1) is 6.92 Å². The van der Waals surface area contributed by atoms with Crippen molar-refractivity contribution in [1.29, 1.82) is 0 Å². The summed E-state index contributed by atoms with van der Waals surface area (Å²) in [5.74, 6) is 0.611. The van der Waals surface area contributed by atoms with E-state index in [1.807, 2.05) is 0 Å². The van der Waals surface area contributed by atoms with E-state index in [1.165, 1.54) is 22.8 Å². The van der Waals surface area contributed by atoms with Crippen LogP contribution in [0.1, 0.15) is 11.4 Å². The van der Waals surface area contributed by atoms with E-state index in [2.05, 4.69) is 19.9 Å². The number of halogens is 3. The zero-order valence-electron chi connectivity index (χ0n) is 16.6. The van der Waals surface area contributed by atoms with Crippen LogP contribution >= 0.6 is 0 Å². The Morgan fingerprint density at radius 2 is 1.69 bits per heavy atom. The first-order valence-electron chi connectivity index (χ1n) is 9.59. The van der Waals surface area contributed by atoms with Crippen molar-refractivity contribution in [2.45, 2.75) is 13.1 Å². The van der Waals surface area contributed by atoms with Gasteiger partial charge in [0.1, 0.15) is 11.3 Å². The molecule has 5 aromatic rings. The lowest BCUT2D eigenvalue weighted by Gasteiger charge is -2.14. The summed E-state index contributed by atoms with van der Waals surface area (Å²) in [6, 6.07) is 11.0. The summed E-state index contributed by atoms with van der Waals surface area (Å²) in [6.07, 6.45) is 0.298. The second-order valence-electron chi connectivity index (χ2n) is 7.20. The molecule has 0 saturated heterocycles. The van der Waals surface area contributed by atoms with Crippen LogP contribution in [-0.4, -0.2) is 24.5 Å². The highest BCUT2D eigenvalue weighted by Crippen LogP contribution is 2.31. The minimum absolute atomic E-state index is 0.0915. The van der Waals surface area contributed by atoms with Gasteiger partial charge in [-0.25, -0.2) is 15.0 Å². The van der Waals surface area contributed by atoms with Gasteiger partial charge < -0.3 is 0 Å². The van der Waals surface area contributed by atoms with E-state index in [-0.39, 0.29) is 5.69 Å². The van der Waals surface area contributed by atoms with Crippen molar-refractivity contribution in [3.05, 3.63) is 88.9 Å². The molecule has 0 radical (unpaired) electrons. The van der Waals surface area contributed by atoms with Gasteiger partial charge in [0.15, 0.2) is 0 Å². The van der Waals surface area contributed by atoms with Crippen molar-refractivity contribution in [2.75, 3.05) is 0 Å². The number of fused-ring (bicyclic) bond motifs is 3. The quantitative estimate of drug-likeness (QED) is 0.377. The van der Waals surface area contributed by atoms with Crippen LogP contribution in [-0.2, 0) is 6.18 Å². The van der Waals surface area contributed by atoms with Crippen LogP contribution in [0.2, 0.25) is 0 Å². The third-order valence-corrected chi connectivity index (χ3v) is 5.07. The number of benzene rings is 1. The van der Waals surface area contributed by atoms with Crippen LogP contribution in [0.15, 0.2) is 71.9 Å². The molecule has 6 nitrogen and oxygen atoms in total. The third-order valence-electron chi connectivity index (χ3n) is 5.07. The largest absolute Gasteiger partial charge is 0.416 e. The summed E-state index contributed by atoms with van der Waals surface area (Å²) in [7, 11) is 0. The fourth-order valence-corrected chi connectivity index (χ4v) is 3.53. The summed E-state index contributed by atoms with van der Waals surface area (Å²) in [4.78, 5) is 30.3. The fourth-order valence-electron chi connectivity index (χ4n) is 3.53. The van der Waals surface area contributed by atoms with E-state index >= 15 is 0 Å². The molecule has 0 N–H and O–H groups in total. The van der Waals surface area contributed by atoms with Crippen LogP contribution in [0.3, 0.4) is 0 Å². The number of aryl methyl sites for hydroxylation is 1. The standard InChI is InChI=1S/C23H14F3N5O/c1-13-27-11-15(12-28-13)18-6-7-19-21(30-18)22-14(10-29-19)5-8-20(32)31(22)17-4-2-3-16(9-17)23(24,25)26/h2-12H,1H3. The van der Waals surface area contributed by atoms with Crippen LogP contribution in [0.5, 0.6) is 0 Å². The molecule has 0 amide bonds. The monoisotopic (exact) mass is 433 g/mol. The average molecular weight is 433 g/mol. The van der Waals surface area contributed by atoms with Crippen molar-refractivity contribution < 1.29 is 13.2 Å². The minimum atomic E-state index is -4.54. The second kappa shape index (κ2) is 7.23. The van der Waals surface area contributed by atoms with E-state index < -0.39 is 17.3 Å². The predicted octanol–water partition coefficient (Wildman–Crippen LogP) is 4.72. The highest BCUT2D eigenvalue weighted by molar-refractivity contribution is 6.02. The Labute approximate surface area is 179 Å². The molecule has 1 aromatic carbocycles. The molecule has 0 aliphatic heterocycles. The number of alkyl halides is 3. The van der Waals surface area contributed by atoms with E-state index in [1.54, 1.807) is 43.7 Å². The Morgan fingerprint density at radius 3 is 2.44 bits per heavy atom. The van der Waals surface area contributed by atoms with Gasteiger partial charge in [0, 0.05) is 41.3 Å². The van der Waals surface area contributed by atoms with Crippen molar-refractivity contribution in [2.24, 2.45) is 0 Å². The predicted molar refractivity (Wildman–Crippen MR) is 113 cm³/mol. The molecular weight excluding hydrogens is 419 g/mol. The first-order chi connectivity index (χ1) is 15.3. The lowest BCUT2D eigenvalue weighted by Crippen LogP contribution is -2.18. The molecule has 0 aliphatic carbocycles. The highest BCUT2D eigenvalue weighted by atomic mass is 19.4. The number of rotatable bonds is 2. The maximum atomic E-state index is 13.3. The second-order valence-corrected chi connectivity index (χ2v) is 7.20. The molecule has 0 bridgehead atoms. The first-order valence-corrected chi connectivity index (χ1v) is 9.59. The Bertz CT molecular complexity index is 1540. The van der Waals surface area contributed by atoms with Gasteiger partial charge in [-0.3, -0.25) is 14.3 Å². The summed E-state index contributed by atoms with van der Waals surface area (Å²) in [5, 5.41) is 0.569. The molecule has 5 rings (SSSR count). The van der Waals surface area contributed by atoms with E-state index in [0.29, 0.717) is 39.0 Å². The normalized spacial score (nSPS) is 11.9. The Kier molecular flexibility index (Phi) is 4.47. The van der Waals surface area contributed by atoms with Crippen molar-refractivity contribution in [3.63, 3.8) is 0 Å². The zero-order valence-corrected chi connectivity index (χ0v) is 16.6. The number of pyridine rings is 3. The van der Waals surface area contributed by atoms with Crippen LogP contribution < -0.4 is 5.56 Å². The molecule has 0 unspecified atom stereocenters. The van der Waals surface area contributed by atoms with Gasteiger partial charge in [-0.1, -0.05) is 6.07 Å². The van der Waals surface area contributed by atoms with E-state index in [9.17, 15) is 18.0 Å². The number of hydrogen-bond donors (Lipinski definition) is 0. The number of nitrogens with zero attached hydrogens (tertiary/aromatic N) is 5. The summed E-state index contributed by atoms with van der Waals surface area (Å²) in [5.41, 5.74) is 1.25. The SMILES string of the molecule is Cc1ncc(-c2ccc3ncc4ccc(=O)n(-c5cccc(C(F)(F)F)c5)c4c3n2)cn1. The molecule has 0 spiro atoms. The highest BCUT2D eigenvalue weighted by Gasteiger charge is 2.30. The number of hydrogen-bond acceptors (Lipinski definition) is 5. The Balaban J connectivity index is 1.84. The molecule has 0 atom stereocenters. The first kappa shape index (κ1) is 19.8. The Morgan fingerprint density at radius 1 is 0.906 bits per heavy atom. The van der Waals surface area contributed by atoms with E-state index in [4.69, 9.17) is 0 Å². The molecule has 4 heterocycles. The molecule has 158 valence electrons. The topological polar surface area (TPSA) is 73.6 Å². The van der Waals surface area contributed by atoms with Gasteiger partial charge in [-0.15, -0.1) is 0 Å². The van der Waals surface area contributed by atoms with E-state index in [0.717, 1.165) is 12.1 Å².